The summed E-state index contributed by atoms with van der Waals surface area (Å²) in [6.45, 7) is 1.99. The zero-order valence-electron chi connectivity index (χ0n) is 16.4. The topological polar surface area (TPSA) is 107 Å². The Balaban J connectivity index is 1.51. The van der Waals surface area contributed by atoms with E-state index >= 15 is 0 Å². The molecule has 0 unspecified atom stereocenters. The highest BCUT2D eigenvalue weighted by molar-refractivity contribution is 7.98. The minimum absolute atomic E-state index is 0.127. The number of nitrogen functional groups attached to an aromatic ring is 1. The second kappa shape index (κ2) is 8.46. The highest BCUT2D eigenvalue weighted by Gasteiger charge is 2.15. The first-order valence-corrected chi connectivity index (χ1v) is 10.1. The summed E-state index contributed by atoms with van der Waals surface area (Å²) in [5, 5.41) is 12.1. The van der Waals surface area contributed by atoms with Gasteiger partial charge >= 0.3 is 0 Å². The van der Waals surface area contributed by atoms with Crippen LogP contribution < -0.4 is 11.1 Å². The number of nitrogens with two attached hydrogens (primary N) is 1. The second-order valence-electron chi connectivity index (χ2n) is 6.51. The molecule has 0 fully saturated rings. The first-order chi connectivity index (χ1) is 14.5. The van der Waals surface area contributed by atoms with Gasteiger partial charge in [-0.25, -0.2) is 4.39 Å². The number of rotatable bonds is 6. The number of nitrogens with zero attached hydrogens (tertiary/aromatic N) is 6. The van der Waals surface area contributed by atoms with Crippen LogP contribution >= 0.6 is 11.8 Å². The lowest BCUT2D eigenvalue weighted by Crippen LogP contribution is -2.07. The Morgan fingerprint density at radius 3 is 2.60 bits per heavy atom. The molecule has 2 heterocycles. The molecule has 0 radical (unpaired) electrons. The first-order valence-electron chi connectivity index (χ1n) is 9.11. The molecule has 0 saturated carbocycles. The lowest BCUT2D eigenvalue weighted by Gasteiger charge is -2.09. The Bertz CT molecular complexity index is 1190. The van der Waals surface area contributed by atoms with Crippen molar-refractivity contribution in [3.63, 3.8) is 0 Å². The molecule has 0 aliphatic carbocycles. The van der Waals surface area contributed by atoms with Crippen molar-refractivity contribution < 1.29 is 4.39 Å². The predicted molar refractivity (Wildman–Crippen MR) is 115 cm³/mol. The average Bonchev–Trinajstić information content (AvgIpc) is 3.08. The van der Waals surface area contributed by atoms with Crippen LogP contribution in [0.2, 0.25) is 0 Å². The molecule has 2 aromatic carbocycles. The molecule has 4 rings (SSSR count). The first kappa shape index (κ1) is 19.8. The predicted octanol–water partition coefficient (Wildman–Crippen LogP) is 3.73. The average molecular weight is 422 g/mol. The molecule has 2 aromatic heterocycles. The van der Waals surface area contributed by atoms with Gasteiger partial charge in [0.1, 0.15) is 11.6 Å². The normalized spacial score (nSPS) is 10.9. The fourth-order valence-electron chi connectivity index (χ4n) is 2.84. The van der Waals surface area contributed by atoms with Crippen LogP contribution in [0.3, 0.4) is 0 Å². The van der Waals surface area contributed by atoms with Gasteiger partial charge in [-0.3, -0.25) is 0 Å². The molecule has 10 heteroatoms. The van der Waals surface area contributed by atoms with Gasteiger partial charge in [-0.05, 0) is 30.7 Å². The van der Waals surface area contributed by atoms with Gasteiger partial charge < -0.3 is 15.6 Å². The number of aromatic nitrogens is 6. The van der Waals surface area contributed by atoms with E-state index in [2.05, 4.69) is 30.5 Å². The molecule has 0 aliphatic heterocycles. The summed E-state index contributed by atoms with van der Waals surface area (Å²) < 4.78 is 15.8. The fourth-order valence-corrected chi connectivity index (χ4v) is 3.60. The smallest absolute Gasteiger partial charge is 0.232 e. The summed E-state index contributed by atoms with van der Waals surface area (Å²) in [5.41, 5.74) is 8.21. The van der Waals surface area contributed by atoms with Gasteiger partial charge in [0.25, 0.3) is 0 Å². The van der Waals surface area contributed by atoms with E-state index in [0.717, 1.165) is 11.3 Å². The number of thioether (sulfide) groups is 1. The number of hydrogen-bond donors (Lipinski definition) is 2. The van der Waals surface area contributed by atoms with Gasteiger partial charge in [0.15, 0.2) is 11.0 Å². The summed E-state index contributed by atoms with van der Waals surface area (Å²) in [7, 11) is 1.79. The molecule has 3 N–H and O–H groups in total. The lowest BCUT2D eigenvalue weighted by molar-refractivity contribution is 0.628. The number of halogens is 1. The number of anilines is 3. The molecule has 0 saturated heterocycles. The Hall–Kier alpha value is -3.53. The van der Waals surface area contributed by atoms with Gasteiger partial charge in [-0.1, -0.05) is 42.1 Å². The van der Waals surface area contributed by atoms with Crippen molar-refractivity contribution in [1.29, 1.82) is 0 Å². The molecule has 152 valence electrons. The van der Waals surface area contributed by atoms with Crippen LogP contribution in [-0.4, -0.2) is 29.7 Å². The maximum absolute atomic E-state index is 14.1. The number of para-hydroxylation sites is 1. The summed E-state index contributed by atoms with van der Waals surface area (Å²) in [6, 6.07) is 14.3. The molecule has 0 atom stereocenters. The van der Waals surface area contributed by atoms with Gasteiger partial charge in [-0.2, -0.15) is 15.0 Å². The van der Waals surface area contributed by atoms with Crippen LogP contribution in [-0.2, 0) is 12.8 Å². The monoisotopic (exact) mass is 422 g/mol. The van der Waals surface area contributed by atoms with Crippen LogP contribution in [0.5, 0.6) is 0 Å². The van der Waals surface area contributed by atoms with E-state index in [-0.39, 0.29) is 11.8 Å². The van der Waals surface area contributed by atoms with Crippen molar-refractivity contribution in [1.82, 2.24) is 29.7 Å². The zero-order chi connectivity index (χ0) is 21.1. The van der Waals surface area contributed by atoms with Crippen molar-refractivity contribution >= 4 is 29.3 Å². The molecule has 8 nitrogen and oxygen atoms in total. The van der Waals surface area contributed by atoms with Crippen LogP contribution in [0.25, 0.3) is 11.4 Å². The maximum atomic E-state index is 14.1. The molecule has 0 amide bonds. The fraction of sp³-hybridized carbons (Fsp3) is 0.150. The SMILES string of the molecule is Cc1ccccc1Nc1nc(N)nc(CSc2nnc(-c3ccccc3F)n2C)n1. The Morgan fingerprint density at radius 2 is 1.80 bits per heavy atom. The summed E-state index contributed by atoms with van der Waals surface area (Å²) in [5.74, 6) is 1.51. The number of hydrogen-bond acceptors (Lipinski definition) is 8. The van der Waals surface area contributed by atoms with E-state index in [1.54, 1.807) is 29.8 Å². The minimum atomic E-state index is -0.346. The molecule has 0 aliphatic rings. The van der Waals surface area contributed by atoms with E-state index < -0.39 is 0 Å². The van der Waals surface area contributed by atoms with Crippen LogP contribution in [0.4, 0.5) is 22.0 Å². The van der Waals surface area contributed by atoms with Gasteiger partial charge in [0.2, 0.25) is 11.9 Å². The van der Waals surface area contributed by atoms with Gasteiger partial charge in [0, 0.05) is 12.7 Å². The highest BCUT2D eigenvalue weighted by atomic mass is 32.2. The van der Waals surface area contributed by atoms with Crippen LogP contribution in [0.1, 0.15) is 11.4 Å². The number of benzene rings is 2. The van der Waals surface area contributed by atoms with E-state index in [9.17, 15) is 4.39 Å². The van der Waals surface area contributed by atoms with E-state index in [0.29, 0.717) is 34.1 Å². The lowest BCUT2D eigenvalue weighted by atomic mass is 10.2. The maximum Gasteiger partial charge on any atom is 0.232 e. The minimum Gasteiger partial charge on any atom is -0.368 e. The highest BCUT2D eigenvalue weighted by Crippen LogP contribution is 2.26. The van der Waals surface area contributed by atoms with Crippen molar-refractivity contribution in [3.8, 4) is 11.4 Å². The van der Waals surface area contributed by atoms with Crippen LogP contribution in [0.15, 0.2) is 53.7 Å². The van der Waals surface area contributed by atoms with E-state index in [1.165, 1.54) is 17.8 Å². The number of nitrogens with one attached hydrogen (secondary N) is 1. The second-order valence-corrected chi connectivity index (χ2v) is 7.45. The van der Waals surface area contributed by atoms with Crippen LogP contribution in [0, 0.1) is 12.7 Å². The Morgan fingerprint density at radius 1 is 1.03 bits per heavy atom. The molecule has 30 heavy (non-hydrogen) atoms. The summed E-state index contributed by atoms with van der Waals surface area (Å²) >= 11 is 1.38. The molecule has 0 bridgehead atoms. The van der Waals surface area contributed by atoms with Gasteiger partial charge in [0.05, 0.1) is 11.3 Å². The zero-order valence-corrected chi connectivity index (χ0v) is 17.2. The van der Waals surface area contributed by atoms with Gasteiger partial charge in [-0.15, -0.1) is 10.2 Å². The largest absolute Gasteiger partial charge is 0.368 e. The standard InChI is InChI=1S/C20H19FN8S/c1-12-7-3-6-10-15(12)23-19-25-16(24-18(22)26-19)11-30-20-28-27-17(29(20)2)13-8-4-5-9-14(13)21/h3-10H,11H2,1-2H3,(H3,22,23,24,25,26). The Kier molecular flexibility index (Phi) is 5.57. The molecular formula is C20H19FN8S. The van der Waals surface area contributed by atoms with E-state index in [1.807, 2.05) is 31.2 Å². The molecule has 0 spiro atoms. The molecular weight excluding hydrogens is 403 g/mol. The van der Waals surface area contributed by atoms with Crippen molar-refractivity contribution in [2.24, 2.45) is 7.05 Å². The molecule has 4 aromatic rings. The summed E-state index contributed by atoms with van der Waals surface area (Å²) in [6.07, 6.45) is 0. The Labute approximate surface area is 176 Å². The van der Waals surface area contributed by atoms with Crippen molar-refractivity contribution in [2.75, 3.05) is 11.1 Å². The third-order valence-corrected chi connectivity index (χ3v) is 5.39. The third-order valence-electron chi connectivity index (χ3n) is 4.37. The van der Waals surface area contributed by atoms with E-state index in [4.69, 9.17) is 5.73 Å². The van der Waals surface area contributed by atoms with Crippen molar-refractivity contribution in [2.45, 2.75) is 17.8 Å². The quantitative estimate of drug-likeness (QED) is 0.453. The third kappa shape index (κ3) is 4.23. The number of aryl methyl sites for hydroxylation is 1. The van der Waals surface area contributed by atoms with Crippen molar-refractivity contribution in [3.05, 3.63) is 65.7 Å². The summed E-state index contributed by atoms with van der Waals surface area (Å²) in [4.78, 5) is 12.8.